The van der Waals surface area contributed by atoms with Crippen LogP contribution in [0.5, 0.6) is 5.75 Å². The molecule has 2 rings (SSSR count). The zero-order valence-electron chi connectivity index (χ0n) is 10.5. The van der Waals surface area contributed by atoms with Crippen LogP contribution in [-0.4, -0.2) is 7.11 Å². The summed E-state index contributed by atoms with van der Waals surface area (Å²) >= 11 is 5.88. The van der Waals surface area contributed by atoms with Gasteiger partial charge in [0.25, 0.3) is 0 Å². The summed E-state index contributed by atoms with van der Waals surface area (Å²) in [6, 6.07) is 11.7. The lowest BCUT2D eigenvalue weighted by Crippen LogP contribution is -1.98. The summed E-state index contributed by atoms with van der Waals surface area (Å²) in [4.78, 5) is 0. The lowest BCUT2D eigenvalue weighted by molar-refractivity contribution is 0.414. The van der Waals surface area contributed by atoms with Crippen LogP contribution < -0.4 is 10.5 Å². The van der Waals surface area contributed by atoms with Gasteiger partial charge in [0.05, 0.1) is 7.11 Å². The van der Waals surface area contributed by atoms with Crippen LogP contribution in [0.1, 0.15) is 16.7 Å². The minimum Gasteiger partial charge on any atom is -0.497 e. The van der Waals surface area contributed by atoms with Gasteiger partial charge in [0.1, 0.15) is 5.75 Å². The molecule has 0 atom stereocenters. The first-order valence-corrected chi connectivity index (χ1v) is 6.15. The van der Waals surface area contributed by atoms with Crippen LogP contribution >= 0.6 is 11.6 Å². The van der Waals surface area contributed by atoms with Gasteiger partial charge >= 0.3 is 0 Å². The Bertz CT molecular complexity index is 549. The zero-order chi connectivity index (χ0) is 13.1. The third kappa shape index (κ3) is 2.77. The second kappa shape index (κ2) is 5.32. The van der Waals surface area contributed by atoms with E-state index in [1.54, 1.807) is 7.11 Å². The number of hydrogen-bond donors (Lipinski definition) is 1. The largest absolute Gasteiger partial charge is 0.497 e. The van der Waals surface area contributed by atoms with Crippen LogP contribution in [0.15, 0.2) is 36.4 Å². The number of ether oxygens (including phenoxy) is 1. The average Bonchev–Trinajstić information content (AvgIpc) is 2.37. The number of nitrogen functional groups attached to an aromatic ring is 1. The van der Waals surface area contributed by atoms with Gasteiger partial charge in [0, 0.05) is 16.8 Å². The van der Waals surface area contributed by atoms with Gasteiger partial charge in [-0.2, -0.15) is 0 Å². The van der Waals surface area contributed by atoms with E-state index in [-0.39, 0.29) is 0 Å². The van der Waals surface area contributed by atoms with Crippen molar-refractivity contribution < 1.29 is 4.74 Å². The van der Waals surface area contributed by atoms with Gasteiger partial charge < -0.3 is 10.5 Å². The van der Waals surface area contributed by atoms with Crippen molar-refractivity contribution in [2.45, 2.75) is 13.3 Å². The molecule has 2 nitrogen and oxygen atoms in total. The highest BCUT2D eigenvalue weighted by Crippen LogP contribution is 2.26. The van der Waals surface area contributed by atoms with Crippen LogP contribution in [0.2, 0.25) is 5.02 Å². The van der Waals surface area contributed by atoms with Crippen LogP contribution in [0, 0.1) is 6.92 Å². The minimum absolute atomic E-state index is 0.751. The maximum Gasteiger partial charge on any atom is 0.121 e. The van der Waals surface area contributed by atoms with E-state index in [0.29, 0.717) is 0 Å². The predicted molar refractivity (Wildman–Crippen MR) is 76.4 cm³/mol. The summed E-state index contributed by atoms with van der Waals surface area (Å²) in [6.07, 6.45) is 0.824. The van der Waals surface area contributed by atoms with Gasteiger partial charge in [0.15, 0.2) is 0 Å². The maximum absolute atomic E-state index is 5.97. The number of halogens is 1. The fourth-order valence-electron chi connectivity index (χ4n) is 1.89. The van der Waals surface area contributed by atoms with Crippen molar-refractivity contribution in [1.29, 1.82) is 0 Å². The van der Waals surface area contributed by atoms with Crippen molar-refractivity contribution in [2.24, 2.45) is 0 Å². The van der Waals surface area contributed by atoms with Gasteiger partial charge in [-0.1, -0.05) is 23.7 Å². The molecule has 94 valence electrons. The third-order valence-electron chi connectivity index (χ3n) is 3.07. The standard InChI is InChI=1S/C15H16ClNO/c1-10-12(8-14(18-2)9-15(10)17)7-11-3-5-13(16)6-4-11/h3-6,8-9H,7,17H2,1-2H3. The van der Waals surface area contributed by atoms with E-state index < -0.39 is 0 Å². The normalized spacial score (nSPS) is 10.4. The molecule has 0 aliphatic rings. The maximum atomic E-state index is 5.97. The summed E-state index contributed by atoms with van der Waals surface area (Å²) < 4.78 is 5.25. The molecule has 0 heterocycles. The van der Waals surface area contributed by atoms with Gasteiger partial charge in [-0.05, 0) is 48.2 Å². The summed E-state index contributed by atoms with van der Waals surface area (Å²) in [5.74, 6) is 0.794. The van der Waals surface area contributed by atoms with Crippen molar-refractivity contribution in [3.63, 3.8) is 0 Å². The molecule has 0 amide bonds. The summed E-state index contributed by atoms with van der Waals surface area (Å²) in [5.41, 5.74) is 10.2. The average molecular weight is 262 g/mol. The van der Waals surface area contributed by atoms with Crippen molar-refractivity contribution in [2.75, 3.05) is 12.8 Å². The number of nitrogens with two attached hydrogens (primary N) is 1. The summed E-state index contributed by atoms with van der Waals surface area (Å²) in [6.45, 7) is 2.03. The van der Waals surface area contributed by atoms with Gasteiger partial charge in [0.2, 0.25) is 0 Å². The highest BCUT2D eigenvalue weighted by Gasteiger charge is 2.06. The second-order valence-electron chi connectivity index (χ2n) is 4.30. The molecule has 0 aliphatic carbocycles. The fourth-order valence-corrected chi connectivity index (χ4v) is 2.02. The van der Waals surface area contributed by atoms with Crippen LogP contribution in [0.4, 0.5) is 5.69 Å². The van der Waals surface area contributed by atoms with Gasteiger partial charge in [-0.3, -0.25) is 0 Å². The SMILES string of the molecule is COc1cc(N)c(C)c(Cc2ccc(Cl)cc2)c1. The molecule has 0 bridgehead atoms. The zero-order valence-corrected chi connectivity index (χ0v) is 11.3. The molecule has 0 unspecified atom stereocenters. The Hall–Kier alpha value is -1.67. The molecule has 0 aromatic heterocycles. The van der Waals surface area contributed by atoms with Crippen LogP contribution in [0.3, 0.4) is 0 Å². The molecular weight excluding hydrogens is 246 g/mol. The molecule has 0 saturated heterocycles. The van der Waals surface area contributed by atoms with E-state index in [1.165, 1.54) is 11.1 Å². The van der Waals surface area contributed by atoms with E-state index >= 15 is 0 Å². The van der Waals surface area contributed by atoms with E-state index in [9.17, 15) is 0 Å². The Balaban J connectivity index is 2.33. The highest BCUT2D eigenvalue weighted by molar-refractivity contribution is 6.30. The van der Waals surface area contributed by atoms with E-state index in [2.05, 4.69) is 0 Å². The molecule has 18 heavy (non-hydrogen) atoms. The minimum atomic E-state index is 0.751. The molecule has 2 aromatic rings. The van der Waals surface area contributed by atoms with Crippen LogP contribution in [0.25, 0.3) is 0 Å². The second-order valence-corrected chi connectivity index (χ2v) is 4.74. The fraction of sp³-hybridized carbons (Fsp3) is 0.200. The molecular formula is C15H16ClNO. The number of anilines is 1. The Morgan fingerprint density at radius 3 is 2.44 bits per heavy atom. The molecule has 0 spiro atoms. The Morgan fingerprint density at radius 2 is 1.83 bits per heavy atom. The molecule has 3 heteroatoms. The number of hydrogen-bond acceptors (Lipinski definition) is 2. The quantitative estimate of drug-likeness (QED) is 0.853. The number of benzene rings is 2. The van der Waals surface area contributed by atoms with E-state index in [0.717, 1.165) is 28.4 Å². The smallest absolute Gasteiger partial charge is 0.121 e. The Kier molecular flexibility index (Phi) is 3.78. The third-order valence-corrected chi connectivity index (χ3v) is 3.32. The molecule has 0 radical (unpaired) electrons. The molecule has 2 N–H and O–H groups in total. The first-order valence-electron chi connectivity index (χ1n) is 5.77. The number of rotatable bonds is 3. The predicted octanol–water partition coefficient (Wildman–Crippen LogP) is 3.83. The molecule has 2 aromatic carbocycles. The van der Waals surface area contributed by atoms with E-state index in [1.807, 2.05) is 43.3 Å². The lowest BCUT2D eigenvalue weighted by atomic mass is 9.99. The van der Waals surface area contributed by atoms with Crippen LogP contribution in [-0.2, 0) is 6.42 Å². The van der Waals surface area contributed by atoms with Gasteiger partial charge in [-0.15, -0.1) is 0 Å². The lowest BCUT2D eigenvalue weighted by Gasteiger charge is -2.11. The first kappa shape index (κ1) is 12.8. The monoisotopic (exact) mass is 261 g/mol. The molecule has 0 fully saturated rings. The topological polar surface area (TPSA) is 35.2 Å². The van der Waals surface area contributed by atoms with E-state index in [4.69, 9.17) is 22.1 Å². The molecule has 0 aliphatic heterocycles. The summed E-state index contributed by atoms with van der Waals surface area (Å²) in [5, 5.41) is 0.751. The number of methoxy groups -OCH3 is 1. The first-order chi connectivity index (χ1) is 8.60. The Morgan fingerprint density at radius 1 is 1.17 bits per heavy atom. The highest BCUT2D eigenvalue weighted by atomic mass is 35.5. The van der Waals surface area contributed by atoms with Crippen molar-refractivity contribution in [3.8, 4) is 5.75 Å². The summed E-state index contributed by atoms with van der Waals surface area (Å²) in [7, 11) is 1.65. The van der Waals surface area contributed by atoms with Crippen molar-refractivity contribution >= 4 is 17.3 Å². The Labute approximate surface area is 112 Å². The van der Waals surface area contributed by atoms with Crippen molar-refractivity contribution in [1.82, 2.24) is 0 Å². The molecule has 0 saturated carbocycles. The van der Waals surface area contributed by atoms with Crippen molar-refractivity contribution in [3.05, 3.63) is 58.1 Å². The van der Waals surface area contributed by atoms with Gasteiger partial charge in [-0.25, -0.2) is 0 Å².